The molecule has 118 valence electrons. The van der Waals surface area contributed by atoms with E-state index in [1.807, 2.05) is 26.0 Å². The lowest BCUT2D eigenvalue weighted by molar-refractivity contribution is 0.230. The van der Waals surface area contributed by atoms with Crippen LogP contribution in [0.25, 0.3) is 11.4 Å². The summed E-state index contributed by atoms with van der Waals surface area (Å²) in [5.74, 6) is 1.74. The largest absolute Gasteiger partial charge is 0.493 e. The van der Waals surface area contributed by atoms with Gasteiger partial charge in [-0.05, 0) is 38.6 Å². The molecule has 0 aliphatic heterocycles. The van der Waals surface area contributed by atoms with Crippen LogP contribution in [0.15, 0.2) is 29.1 Å². The molecule has 0 saturated heterocycles. The molecule has 0 fully saturated rings. The molecule has 0 bridgehead atoms. The average Bonchev–Trinajstić information content (AvgIpc) is 2.46. The van der Waals surface area contributed by atoms with Crippen molar-refractivity contribution in [3.8, 4) is 22.9 Å². The molecule has 3 N–H and O–H groups in total. The highest BCUT2D eigenvalue weighted by molar-refractivity contribution is 5.61. The summed E-state index contributed by atoms with van der Waals surface area (Å²) >= 11 is 0. The van der Waals surface area contributed by atoms with Gasteiger partial charge in [0.25, 0.3) is 5.56 Å². The number of nitrogens with two attached hydrogens (primary N) is 1. The van der Waals surface area contributed by atoms with Crippen LogP contribution in [-0.2, 0) is 6.42 Å². The van der Waals surface area contributed by atoms with Gasteiger partial charge in [-0.2, -0.15) is 0 Å². The topological polar surface area (TPSA) is 90.2 Å². The number of methoxy groups -OCH3 is 1. The Hall–Kier alpha value is -2.34. The van der Waals surface area contributed by atoms with Crippen molar-refractivity contribution in [2.75, 3.05) is 13.7 Å². The molecule has 0 spiro atoms. The molecule has 1 aromatic carbocycles. The van der Waals surface area contributed by atoms with E-state index in [1.54, 1.807) is 13.2 Å². The molecule has 22 heavy (non-hydrogen) atoms. The minimum Gasteiger partial charge on any atom is -0.493 e. The average molecular weight is 303 g/mol. The highest BCUT2D eigenvalue weighted by Crippen LogP contribution is 2.31. The molecule has 1 heterocycles. The van der Waals surface area contributed by atoms with Gasteiger partial charge in [0.15, 0.2) is 11.5 Å². The molecule has 2 rings (SSSR count). The second-order valence-electron chi connectivity index (χ2n) is 5.16. The van der Waals surface area contributed by atoms with Crippen LogP contribution in [0.1, 0.15) is 19.5 Å². The Morgan fingerprint density at radius 1 is 1.27 bits per heavy atom. The van der Waals surface area contributed by atoms with Crippen molar-refractivity contribution in [3.05, 3.63) is 40.3 Å². The number of nitrogens with one attached hydrogen (secondary N) is 1. The van der Waals surface area contributed by atoms with Gasteiger partial charge in [0, 0.05) is 23.7 Å². The molecule has 1 aromatic heterocycles. The molecule has 0 aliphatic rings. The van der Waals surface area contributed by atoms with Gasteiger partial charge in [-0.15, -0.1) is 0 Å². The summed E-state index contributed by atoms with van der Waals surface area (Å²) in [7, 11) is 1.58. The predicted octanol–water partition coefficient (Wildman–Crippen LogP) is 1.73. The number of aromatic amines is 1. The number of nitrogens with zero attached hydrogens (tertiary/aromatic N) is 1. The maximum absolute atomic E-state index is 11.7. The fourth-order valence-electron chi connectivity index (χ4n) is 2.09. The van der Waals surface area contributed by atoms with Crippen LogP contribution < -0.4 is 20.8 Å². The summed E-state index contributed by atoms with van der Waals surface area (Å²) < 4.78 is 11.0. The lowest BCUT2D eigenvalue weighted by Gasteiger charge is -2.14. The van der Waals surface area contributed by atoms with Crippen LogP contribution >= 0.6 is 0 Å². The number of benzene rings is 1. The molecule has 0 aliphatic carbocycles. The van der Waals surface area contributed by atoms with Crippen molar-refractivity contribution in [2.45, 2.75) is 26.4 Å². The van der Waals surface area contributed by atoms with Gasteiger partial charge in [0.1, 0.15) is 5.82 Å². The first-order chi connectivity index (χ1) is 10.5. The Balaban J connectivity index is 2.42. The second kappa shape index (κ2) is 7.09. The van der Waals surface area contributed by atoms with E-state index in [-0.39, 0.29) is 11.7 Å². The minimum absolute atomic E-state index is 0.0468. The van der Waals surface area contributed by atoms with Gasteiger partial charge in [0.2, 0.25) is 0 Å². The molecule has 0 radical (unpaired) electrons. The molecule has 0 unspecified atom stereocenters. The molecule has 0 atom stereocenters. The third kappa shape index (κ3) is 3.85. The third-order valence-electron chi connectivity index (χ3n) is 2.99. The highest BCUT2D eigenvalue weighted by atomic mass is 16.5. The summed E-state index contributed by atoms with van der Waals surface area (Å²) in [4.78, 5) is 18.9. The minimum atomic E-state index is -0.199. The lowest BCUT2D eigenvalue weighted by atomic mass is 10.1. The van der Waals surface area contributed by atoms with E-state index in [0.717, 1.165) is 5.56 Å². The van der Waals surface area contributed by atoms with Crippen LogP contribution in [0.4, 0.5) is 0 Å². The van der Waals surface area contributed by atoms with Gasteiger partial charge in [-0.25, -0.2) is 4.98 Å². The van der Waals surface area contributed by atoms with E-state index in [1.165, 1.54) is 6.07 Å². The van der Waals surface area contributed by atoms with Crippen molar-refractivity contribution in [1.82, 2.24) is 9.97 Å². The summed E-state index contributed by atoms with van der Waals surface area (Å²) in [5, 5.41) is 0. The monoisotopic (exact) mass is 303 g/mol. The number of rotatable bonds is 6. The Labute approximate surface area is 129 Å². The molecular weight excluding hydrogens is 282 g/mol. The Morgan fingerprint density at radius 2 is 2.05 bits per heavy atom. The predicted molar refractivity (Wildman–Crippen MR) is 85.4 cm³/mol. The van der Waals surface area contributed by atoms with Gasteiger partial charge in [0.05, 0.1) is 13.2 Å². The zero-order valence-corrected chi connectivity index (χ0v) is 13.1. The summed E-state index contributed by atoms with van der Waals surface area (Å²) in [6, 6.07) is 6.90. The molecule has 2 aromatic rings. The molecule has 0 amide bonds. The lowest BCUT2D eigenvalue weighted by Crippen LogP contribution is -2.13. The van der Waals surface area contributed by atoms with Crippen LogP contribution in [-0.4, -0.2) is 29.7 Å². The fourth-order valence-corrected chi connectivity index (χ4v) is 2.09. The Morgan fingerprint density at radius 3 is 2.68 bits per heavy atom. The maximum atomic E-state index is 11.7. The number of hydrogen-bond acceptors (Lipinski definition) is 5. The summed E-state index contributed by atoms with van der Waals surface area (Å²) in [6.07, 6.45) is 0.605. The Bertz CT molecular complexity index is 695. The van der Waals surface area contributed by atoms with E-state index in [2.05, 4.69) is 9.97 Å². The first-order valence-electron chi connectivity index (χ1n) is 7.19. The third-order valence-corrected chi connectivity index (χ3v) is 2.99. The van der Waals surface area contributed by atoms with Crippen LogP contribution in [0, 0.1) is 0 Å². The summed E-state index contributed by atoms with van der Waals surface area (Å²) in [6.45, 7) is 4.34. The van der Waals surface area contributed by atoms with Crippen LogP contribution in [0.3, 0.4) is 0 Å². The smallest absolute Gasteiger partial charge is 0.251 e. The molecule has 6 heteroatoms. The van der Waals surface area contributed by atoms with Crippen molar-refractivity contribution >= 4 is 0 Å². The van der Waals surface area contributed by atoms with Crippen molar-refractivity contribution in [1.29, 1.82) is 0 Å². The maximum Gasteiger partial charge on any atom is 0.251 e. The van der Waals surface area contributed by atoms with Gasteiger partial charge < -0.3 is 20.2 Å². The molecular formula is C16H21N3O3. The quantitative estimate of drug-likeness (QED) is 0.848. The normalized spacial score (nSPS) is 10.8. The fraction of sp³-hybridized carbons (Fsp3) is 0.375. The Kier molecular flexibility index (Phi) is 5.16. The van der Waals surface area contributed by atoms with Crippen molar-refractivity contribution in [2.24, 2.45) is 5.73 Å². The molecule has 0 saturated carbocycles. The number of aromatic nitrogens is 2. The van der Waals surface area contributed by atoms with E-state index in [4.69, 9.17) is 15.2 Å². The van der Waals surface area contributed by atoms with Crippen molar-refractivity contribution in [3.63, 3.8) is 0 Å². The summed E-state index contributed by atoms with van der Waals surface area (Å²) in [5.41, 5.74) is 6.75. The number of H-pyrrole nitrogens is 1. The second-order valence-corrected chi connectivity index (χ2v) is 5.16. The van der Waals surface area contributed by atoms with E-state index < -0.39 is 0 Å². The van der Waals surface area contributed by atoms with Crippen molar-refractivity contribution < 1.29 is 9.47 Å². The molecule has 6 nitrogen and oxygen atoms in total. The van der Waals surface area contributed by atoms with Gasteiger partial charge in [-0.3, -0.25) is 4.79 Å². The number of hydrogen-bond donors (Lipinski definition) is 2. The highest BCUT2D eigenvalue weighted by Gasteiger charge is 2.10. The number of ether oxygens (including phenoxy) is 2. The van der Waals surface area contributed by atoms with Gasteiger partial charge >= 0.3 is 0 Å². The SMILES string of the molecule is COc1cc(-c2nc(CCN)cc(=O)[nH]2)ccc1OC(C)C. The first kappa shape index (κ1) is 16.0. The van der Waals surface area contributed by atoms with Crippen LogP contribution in [0.2, 0.25) is 0 Å². The first-order valence-corrected chi connectivity index (χ1v) is 7.19. The van der Waals surface area contributed by atoms with Crippen LogP contribution in [0.5, 0.6) is 11.5 Å². The zero-order chi connectivity index (χ0) is 16.1. The van der Waals surface area contributed by atoms with E-state index >= 15 is 0 Å². The standard InChI is InChI=1S/C16H21N3O3/c1-10(2)22-13-5-4-11(8-14(13)21-3)16-18-12(6-7-17)9-15(20)19-16/h4-5,8-10H,6-7,17H2,1-3H3,(H,18,19,20). The van der Waals surface area contributed by atoms with Gasteiger partial charge in [-0.1, -0.05) is 0 Å². The zero-order valence-electron chi connectivity index (χ0n) is 13.1. The van der Waals surface area contributed by atoms with E-state index in [9.17, 15) is 4.79 Å². The van der Waals surface area contributed by atoms with E-state index in [0.29, 0.717) is 36.0 Å².